The molecule has 0 unspecified atom stereocenters. The van der Waals surface area contributed by atoms with Crippen LogP contribution < -0.4 is 15.8 Å². The third-order valence-corrected chi connectivity index (χ3v) is 6.20. The van der Waals surface area contributed by atoms with E-state index in [4.69, 9.17) is 16.6 Å². The minimum atomic E-state index is -0.178. The van der Waals surface area contributed by atoms with Crippen molar-refractivity contribution in [1.82, 2.24) is 24.8 Å². The van der Waals surface area contributed by atoms with Gasteiger partial charge in [0.05, 0.1) is 12.7 Å². The van der Waals surface area contributed by atoms with Crippen LogP contribution in [0.1, 0.15) is 4.88 Å². The zero-order valence-corrected chi connectivity index (χ0v) is 17.7. The third kappa shape index (κ3) is 3.69. The average molecular weight is 439 g/mol. The van der Waals surface area contributed by atoms with Gasteiger partial charge in [0.25, 0.3) is 5.56 Å². The van der Waals surface area contributed by atoms with E-state index >= 15 is 0 Å². The molecule has 0 saturated carbocycles. The maximum absolute atomic E-state index is 13.5. The molecule has 0 atom stereocenters. The van der Waals surface area contributed by atoms with Crippen molar-refractivity contribution in [3.8, 4) is 11.3 Å². The van der Waals surface area contributed by atoms with E-state index in [2.05, 4.69) is 20.2 Å². The first kappa shape index (κ1) is 19.2. The van der Waals surface area contributed by atoms with Crippen LogP contribution in [0.15, 0.2) is 52.8 Å². The molecule has 0 bridgehead atoms. The number of rotatable bonds is 4. The van der Waals surface area contributed by atoms with Crippen molar-refractivity contribution in [1.29, 1.82) is 0 Å². The predicted molar refractivity (Wildman–Crippen MR) is 121 cm³/mol. The van der Waals surface area contributed by atoms with E-state index in [0.717, 1.165) is 36.6 Å². The van der Waals surface area contributed by atoms with E-state index in [-0.39, 0.29) is 5.56 Å². The lowest BCUT2D eigenvalue weighted by atomic mass is 10.1. The Kier molecular flexibility index (Phi) is 5.20. The van der Waals surface area contributed by atoms with Gasteiger partial charge >= 0.3 is 0 Å². The molecule has 4 heterocycles. The maximum atomic E-state index is 13.5. The van der Waals surface area contributed by atoms with E-state index in [1.54, 1.807) is 34.2 Å². The number of piperazine rings is 1. The van der Waals surface area contributed by atoms with Gasteiger partial charge in [-0.3, -0.25) is 9.36 Å². The molecule has 0 amide bonds. The third-order valence-electron chi connectivity index (χ3n) is 5.08. The van der Waals surface area contributed by atoms with Gasteiger partial charge in [-0.25, -0.2) is 9.97 Å². The minimum Gasteiger partial charge on any atom is -0.338 e. The summed E-state index contributed by atoms with van der Waals surface area (Å²) < 4.78 is 1.70. The largest absolute Gasteiger partial charge is 0.338 e. The predicted octanol–water partition coefficient (Wildman–Crippen LogP) is 3.03. The van der Waals surface area contributed by atoms with E-state index in [1.807, 2.05) is 29.6 Å². The van der Waals surface area contributed by atoms with Gasteiger partial charge in [0, 0.05) is 41.6 Å². The molecular formula is C21H19ClN6OS. The molecule has 1 N–H and O–H groups in total. The Morgan fingerprint density at radius 2 is 1.90 bits per heavy atom. The van der Waals surface area contributed by atoms with Gasteiger partial charge in [0.15, 0.2) is 5.65 Å². The van der Waals surface area contributed by atoms with Crippen LogP contribution >= 0.6 is 22.9 Å². The summed E-state index contributed by atoms with van der Waals surface area (Å²) in [4.78, 5) is 30.6. The van der Waals surface area contributed by atoms with Gasteiger partial charge < -0.3 is 10.2 Å². The van der Waals surface area contributed by atoms with E-state index in [1.165, 1.54) is 0 Å². The van der Waals surface area contributed by atoms with E-state index in [9.17, 15) is 4.79 Å². The molecule has 1 aliphatic heterocycles. The molecule has 5 rings (SSSR count). The quantitative estimate of drug-likeness (QED) is 0.528. The summed E-state index contributed by atoms with van der Waals surface area (Å²) in [6.07, 6.45) is 1.71. The van der Waals surface area contributed by atoms with Crippen molar-refractivity contribution in [2.24, 2.45) is 0 Å². The van der Waals surface area contributed by atoms with Gasteiger partial charge in [-0.2, -0.15) is 4.98 Å². The van der Waals surface area contributed by atoms with Crippen molar-refractivity contribution in [3.63, 3.8) is 0 Å². The highest BCUT2D eigenvalue weighted by Crippen LogP contribution is 2.21. The van der Waals surface area contributed by atoms with Gasteiger partial charge in [-0.1, -0.05) is 29.8 Å². The Labute approximate surface area is 182 Å². The Bertz CT molecular complexity index is 1230. The maximum Gasteiger partial charge on any atom is 0.279 e. The van der Waals surface area contributed by atoms with Crippen LogP contribution in [-0.4, -0.2) is 45.7 Å². The molecule has 0 aliphatic carbocycles. The normalized spacial score (nSPS) is 14.4. The van der Waals surface area contributed by atoms with E-state index < -0.39 is 0 Å². The van der Waals surface area contributed by atoms with Crippen LogP contribution in [0, 0.1) is 0 Å². The Morgan fingerprint density at radius 3 is 2.63 bits per heavy atom. The van der Waals surface area contributed by atoms with Gasteiger partial charge in [-0.15, -0.1) is 11.3 Å². The number of anilines is 1. The van der Waals surface area contributed by atoms with Gasteiger partial charge in [0.1, 0.15) is 11.2 Å². The fourth-order valence-electron chi connectivity index (χ4n) is 3.55. The molecule has 1 aromatic carbocycles. The summed E-state index contributed by atoms with van der Waals surface area (Å²) in [7, 11) is 0. The molecule has 1 aliphatic rings. The first-order valence-corrected chi connectivity index (χ1v) is 11.0. The molecule has 30 heavy (non-hydrogen) atoms. The van der Waals surface area contributed by atoms with E-state index in [0.29, 0.717) is 34.4 Å². The van der Waals surface area contributed by atoms with Crippen LogP contribution in [0.25, 0.3) is 22.4 Å². The monoisotopic (exact) mass is 438 g/mol. The van der Waals surface area contributed by atoms with Crippen LogP contribution in [0.4, 0.5) is 5.95 Å². The molecule has 0 radical (unpaired) electrons. The number of halogens is 1. The average Bonchev–Trinajstić information content (AvgIpc) is 3.30. The highest BCUT2D eigenvalue weighted by molar-refractivity contribution is 7.09. The van der Waals surface area contributed by atoms with Crippen LogP contribution in [-0.2, 0) is 6.54 Å². The van der Waals surface area contributed by atoms with Crippen molar-refractivity contribution in [3.05, 3.63) is 68.2 Å². The molecular weight excluding hydrogens is 420 g/mol. The SMILES string of the molecule is O=c1c(-c2ccc(Cl)cc2)nc2cnc(N3CCNCC3)nc2n1Cc1cccs1. The second-order valence-electron chi connectivity index (χ2n) is 7.05. The van der Waals surface area contributed by atoms with Crippen LogP contribution in [0.2, 0.25) is 5.02 Å². The molecule has 0 spiro atoms. The van der Waals surface area contributed by atoms with Crippen LogP contribution in [0.5, 0.6) is 0 Å². The summed E-state index contributed by atoms with van der Waals surface area (Å²) in [5.74, 6) is 0.629. The molecule has 9 heteroatoms. The number of nitrogens with zero attached hydrogens (tertiary/aromatic N) is 5. The summed E-state index contributed by atoms with van der Waals surface area (Å²) >= 11 is 7.63. The smallest absolute Gasteiger partial charge is 0.279 e. The molecule has 152 valence electrons. The number of aromatic nitrogens is 4. The minimum absolute atomic E-state index is 0.178. The first-order chi connectivity index (χ1) is 14.7. The van der Waals surface area contributed by atoms with Crippen molar-refractivity contribution >= 4 is 40.0 Å². The number of hydrogen-bond acceptors (Lipinski definition) is 7. The van der Waals surface area contributed by atoms with Crippen molar-refractivity contribution < 1.29 is 0 Å². The molecule has 3 aromatic heterocycles. The molecule has 1 saturated heterocycles. The van der Waals surface area contributed by atoms with Gasteiger partial charge in [-0.05, 0) is 23.6 Å². The van der Waals surface area contributed by atoms with Crippen LogP contribution in [0.3, 0.4) is 0 Å². The zero-order chi connectivity index (χ0) is 20.5. The number of hydrogen-bond donors (Lipinski definition) is 1. The Morgan fingerprint density at radius 1 is 1.10 bits per heavy atom. The lowest BCUT2D eigenvalue weighted by molar-refractivity contribution is 0.580. The number of benzene rings is 1. The Hall–Kier alpha value is -2.81. The van der Waals surface area contributed by atoms with Gasteiger partial charge in [0.2, 0.25) is 5.95 Å². The van der Waals surface area contributed by atoms with Crippen molar-refractivity contribution in [2.75, 3.05) is 31.1 Å². The lowest BCUT2D eigenvalue weighted by Crippen LogP contribution is -2.44. The standard InChI is InChI=1S/C21H19ClN6OS/c22-15-5-3-14(4-6-15)18-20(29)28(13-16-2-1-11-30-16)19-17(25-18)12-24-21(26-19)27-9-7-23-8-10-27/h1-6,11-12,23H,7-10,13H2. The number of nitrogens with one attached hydrogen (secondary N) is 1. The number of thiophene rings is 1. The fourth-order valence-corrected chi connectivity index (χ4v) is 4.36. The topological polar surface area (TPSA) is 75.9 Å². The first-order valence-electron chi connectivity index (χ1n) is 9.70. The lowest BCUT2D eigenvalue weighted by Gasteiger charge is -2.27. The highest BCUT2D eigenvalue weighted by Gasteiger charge is 2.18. The zero-order valence-electron chi connectivity index (χ0n) is 16.1. The second kappa shape index (κ2) is 8.14. The summed E-state index contributed by atoms with van der Waals surface area (Å²) in [6, 6.07) is 11.1. The Balaban J connectivity index is 1.69. The number of fused-ring (bicyclic) bond motifs is 1. The fraction of sp³-hybridized carbons (Fsp3) is 0.238. The van der Waals surface area contributed by atoms with Crippen molar-refractivity contribution in [2.45, 2.75) is 6.54 Å². The highest BCUT2D eigenvalue weighted by atomic mass is 35.5. The molecule has 1 fully saturated rings. The second-order valence-corrected chi connectivity index (χ2v) is 8.52. The molecule has 4 aromatic rings. The summed E-state index contributed by atoms with van der Waals surface area (Å²) in [5.41, 5.74) is 2.06. The summed E-state index contributed by atoms with van der Waals surface area (Å²) in [5, 5.41) is 5.95. The molecule has 7 nitrogen and oxygen atoms in total. The summed E-state index contributed by atoms with van der Waals surface area (Å²) in [6.45, 7) is 3.87.